The van der Waals surface area contributed by atoms with E-state index >= 15 is 0 Å². The predicted octanol–water partition coefficient (Wildman–Crippen LogP) is 1.77. The van der Waals surface area contributed by atoms with Crippen LogP contribution in [-0.2, 0) is 4.74 Å². The minimum atomic E-state index is 0.123. The summed E-state index contributed by atoms with van der Waals surface area (Å²) in [6.45, 7) is 3.62. The van der Waals surface area contributed by atoms with Gasteiger partial charge < -0.3 is 9.64 Å². The van der Waals surface area contributed by atoms with Crippen molar-refractivity contribution >= 4 is 17.4 Å². The second-order valence-corrected chi connectivity index (χ2v) is 5.59. The van der Waals surface area contributed by atoms with Crippen LogP contribution in [0.2, 0.25) is 5.28 Å². The van der Waals surface area contributed by atoms with Gasteiger partial charge in [-0.05, 0) is 24.4 Å². The third-order valence-electron chi connectivity index (χ3n) is 4.12. The van der Waals surface area contributed by atoms with Gasteiger partial charge in [0.15, 0.2) is 11.6 Å². The van der Waals surface area contributed by atoms with Crippen molar-refractivity contribution in [2.75, 3.05) is 18.1 Å². The van der Waals surface area contributed by atoms with Crippen LogP contribution in [-0.4, -0.2) is 44.0 Å². The maximum atomic E-state index is 6.02. The molecule has 1 unspecified atom stereocenters. The second kappa shape index (κ2) is 4.92. The zero-order valence-corrected chi connectivity index (χ0v) is 12.4. The molecule has 2 aliphatic heterocycles. The Morgan fingerprint density at radius 3 is 3.14 bits per heavy atom. The first kappa shape index (κ1) is 13.0. The summed E-state index contributed by atoms with van der Waals surface area (Å²) in [5, 5.41) is 8.60. The van der Waals surface area contributed by atoms with Gasteiger partial charge in [0.25, 0.3) is 0 Å². The summed E-state index contributed by atoms with van der Waals surface area (Å²) in [5.74, 6) is 1.76. The number of hydrogen-bond donors (Lipinski definition) is 0. The van der Waals surface area contributed by atoms with Gasteiger partial charge in [-0.25, -0.2) is 4.98 Å². The highest BCUT2D eigenvalue weighted by Gasteiger charge is 2.38. The summed E-state index contributed by atoms with van der Waals surface area (Å²) in [5.41, 5.74) is 0.871. The summed E-state index contributed by atoms with van der Waals surface area (Å²) < 4.78 is 7.51. The fourth-order valence-corrected chi connectivity index (χ4v) is 3.31. The van der Waals surface area contributed by atoms with Gasteiger partial charge in [-0.1, -0.05) is 6.92 Å². The summed E-state index contributed by atoms with van der Waals surface area (Å²) in [6, 6.07) is 0.405. The number of anilines is 1. The van der Waals surface area contributed by atoms with E-state index in [1.165, 1.54) is 0 Å². The van der Waals surface area contributed by atoms with Crippen molar-refractivity contribution in [3.63, 3.8) is 0 Å². The molecular weight excluding hydrogens is 292 g/mol. The van der Waals surface area contributed by atoms with Crippen LogP contribution in [0.4, 0.5) is 5.82 Å². The van der Waals surface area contributed by atoms with Crippen LogP contribution in [0.25, 0.3) is 5.69 Å². The van der Waals surface area contributed by atoms with Crippen molar-refractivity contribution in [3.05, 3.63) is 23.6 Å². The topological polar surface area (TPSA) is 69.0 Å². The fraction of sp³-hybridized carbons (Fsp3) is 0.538. The van der Waals surface area contributed by atoms with E-state index in [9.17, 15) is 0 Å². The van der Waals surface area contributed by atoms with Gasteiger partial charge in [-0.3, -0.25) is 4.57 Å². The van der Waals surface area contributed by atoms with Gasteiger partial charge in [0, 0.05) is 6.61 Å². The Bertz CT molecular complexity index is 668. The summed E-state index contributed by atoms with van der Waals surface area (Å²) in [4.78, 5) is 10.8. The van der Waals surface area contributed by atoms with Gasteiger partial charge in [0.2, 0.25) is 5.28 Å². The summed E-state index contributed by atoms with van der Waals surface area (Å²) in [7, 11) is 0. The van der Waals surface area contributed by atoms with E-state index in [2.05, 4.69) is 32.0 Å². The molecule has 8 heteroatoms. The molecule has 7 nitrogen and oxygen atoms in total. The lowest BCUT2D eigenvalue weighted by molar-refractivity contribution is 0.191. The molecule has 0 spiro atoms. The Hall–Kier alpha value is -1.73. The monoisotopic (exact) mass is 306 g/mol. The van der Waals surface area contributed by atoms with Crippen LogP contribution in [0.15, 0.2) is 12.5 Å². The number of nitrogens with zero attached hydrogens (tertiary/aromatic N) is 6. The Labute approximate surface area is 126 Å². The Morgan fingerprint density at radius 1 is 1.48 bits per heavy atom. The molecule has 2 aliphatic rings. The number of hydrogen-bond acceptors (Lipinski definition) is 6. The molecule has 0 saturated carbocycles. The molecule has 1 fully saturated rings. The quantitative estimate of drug-likeness (QED) is 0.788. The number of ether oxygens (including phenoxy) is 1. The molecule has 0 radical (unpaired) electrons. The van der Waals surface area contributed by atoms with Crippen molar-refractivity contribution in [2.45, 2.75) is 31.8 Å². The maximum absolute atomic E-state index is 6.02. The first-order valence-corrected chi connectivity index (χ1v) is 7.46. The summed E-state index contributed by atoms with van der Waals surface area (Å²) >= 11 is 6.02. The SMILES string of the molecule is CCC1c2nncn2-c2cnc(Cl)nc2N1[C@@H]1CCOC1. The third kappa shape index (κ3) is 1.91. The zero-order chi connectivity index (χ0) is 14.4. The molecule has 21 heavy (non-hydrogen) atoms. The van der Waals surface area contributed by atoms with Crippen LogP contribution in [0.5, 0.6) is 0 Å². The molecule has 2 aromatic heterocycles. The molecule has 2 atom stereocenters. The molecule has 0 bridgehead atoms. The van der Waals surface area contributed by atoms with Crippen LogP contribution in [0.3, 0.4) is 0 Å². The fourth-order valence-electron chi connectivity index (χ4n) is 3.18. The van der Waals surface area contributed by atoms with Crippen molar-refractivity contribution in [3.8, 4) is 5.69 Å². The van der Waals surface area contributed by atoms with Crippen molar-refractivity contribution in [1.82, 2.24) is 24.7 Å². The van der Waals surface area contributed by atoms with E-state index in [0.717, 1.165) is 36.8 Å². The Balaban J connectivity index is 1.91. The molecule has 1 saturated heterocycles. The molecule has 0 aliphatic carbocycles. The number of halogens is 1. The summed E-state index contributed by atoms with van der Waals surface area (Å²) in [6.07, 6.45) is 5.32. The molecule has 0 amide bonds. The number of fused-ring (bicyclic) bond motifs is 3. The minimum absolute atomic E-state index is 0.123. The largest absolute Gasteiger partial charge is 0.379 e. The second-order valence-electron chi connectivity index (χ2n) is 5.26. The highest BCUT2D eigenvalue weighted by atomic mass is 35.5. The first-order chi connectivity index (χ1) is 10.3. The lowest BCUT2D eigenvalue weighted by Gasteiger charge is -2.40. The highest BCUT2D eigenvalue weighted by Crippen LogP contribution is 2.40. The van der Waals surface area contributed by atoms with Crippen molar-refractivity contribution < 1.29 is 4.74 Å². The van der Waals surface area contributed by atoms with Gasteiger partial charge in [-0.15, -0.1) is 10.2 Å². The van der Waals surface area contributed by atoms with E-state index in [4.69, 9.17) is 16.3 Å². The molecule has 0 aromatic carbocycles. The normalized spacial score (nSPS) is 24.0. The Morgan fingerprint density at radius 2 is 2.38 bits per heavy atom. The molecule has 4 rings (SSSR count). The Kier molecular flexibility index (Phi) is 3.04. The number of aromatic nitrogens is 5. The number of rotatable bonds is 2. The lowest BCUT2D eigenvalue weighted by atomic mass is 10.1. The average molecular weight is 307 g/mol. The van der Waals surface area contributed by atoms with Crippen LogP contribution in [0.1, 0.15) is 31.6 Å². The zero-order valence-electron chi connectivity index (χ0n) is 11.6. The molecule has 110 valence electrons. The van der Waals surface area contributed by atoms with E-state index in [1.54, 1.807) is 12.5 Å². The predicted molar refractivity (Wildman–Crippen MR) is 76.7 cm³/mol. The maximum Gasteiger partial charge on any atom is 0.224 e. The molecule has 4 heterocycles. The van der Waals surface area contributed by atoms with Crippen molar-refractivity contribution in [1.29, 1.82) is 0 Å². The van der Waals surface area contributed by atoms with E-state index in [0.29, 0.717) is 6.61 Å². The molecule has 2 aromatic rings. The van der Waals surface area contributed by atoms with Gasteiger partial charge >= 0.3 is 0 Å². The lowest BCUT2D eigenvalue weighted by Crippen LogP contribution is -2.43. The molecular formula is C13H15ClN6O. The van der Waals surface area contributed by atoms with Gasteiger partial charge in [0.1, 0.15) is 12.0 Å². The average Bonchev–Trinajstić information content (AvgIpc) is 3.16. The first-order valence-electron chi connectivity index (χ1n) is 7.08. The minimum Gasteiger partial charge on any atom is -0.379 e. The standard InChI is InChI=1S/C13H15ClN6O/c1-2-9-12-18-16-7-19(12)10-5-15-13(14)17-11(10)20(9)8-3-4-21-6-8/h5,7-9H,2-4,6H2,1H3/t8-,9?/m1/s1. The van der Waals surface area contributed by atoms with Crippen LogP contribution in [0, 0.1) is 0 Å². The van der Waals surface area contributed by atoms with Gasteiger partial charge in [-0.2, -0.15) is 4.98 Å². The molecule has 0 N–H and O–H groups in total. The van der Waals surface area contributed by atoms with Crippen molar-refractivity contribution in [2.24, 2.45) is 0 Å². The van der Waals surface area contributed by atoms with Gasteiger partial charge in [0.05, 0.1) is 24.9 Å². The van der Waals surface area contributed by atoms with E-state index in [1.807, 2.05) is 4.57 Å². The smallest absolute Gasteiger partial charge is 0.224 e. The highest BCUT2D eigenvalue weighted by molar-refractivity contribution is 6.28. The van der Waals surface area contributed by atoms with E-state index < -0.39 is 0 Å². The third-order valence-corrected chi connectivity index (χ3v) is 4.30. The van der Waals surface area contributed by atoms with Crippen LogP contribution >= 0.6 is 11.6 Å². The van der Waals surface area contributed by atoms with Crippen LogP contribution < -0.4 is 4.90 Å². The van der Waals surface area contributed by atoms with E-state index in [-0.39, 0.29) is 17.4 Å².